The van der Waals surface area contributed by atoms with E-state index in [-0.39, 0.29) is 5.43 Å². The number of hydrogen-bond acceptors (Lipinski definition) is 2. The van der Waals surface area contributed by atoms with Crippen LogP contribution in [0.4, 0.5) is 0 Å². The highest BCUT2D eigenvalue weighted by molar-refractivity contribution is 5.82. The van der Waals surface area contributed by atoms with Crippen LogP contribution in [0.25, 0.3) is 22.1 Å². The summed E-state index contributed by atoms with van der Waals surface area (Å²) in [5.41, 5.74) is 4.60. The number of allylic oxidation sites excluding steroid dienone is 2. The first-order valence-corrected chi connectivity index (χ1v) is 7.39. The van der Waals surface area contributed by atoms with Crippen LogP contribution in [0.2, 0.25) is 0 Å². The normalized spacial score (nSPS) is 10.6. The minimum atomic E-state index is 0.0199. The highest BCUT2D eigenvalue weighted by Gasteiger charge is 2.11. The van der Waals surface area contributed by atoms with Gasteiger partial charge in [0.2, 0.25) is 0 Å². The third-order valence-corrected chi connectivity index (χ3v) is 3.72. The number of benzene rings is 2. The van der Waals surface area contributed by atoms with Gasteiger partial charge < -0.3 is 4.42 Å². The van der Waals surface area contributed by atoms with Gasteiger partial charge in [0.25, 0.3) is 0 Å². The molecule has 0 saturated carbocycles. The molecule has 3 rings (SSSR count). The minimum absolute atomic E-state index is 0.0199. The van der Waals surface area contributed by atoms with Crippen LogP contribution in [0.15, 0.2) is 75.7 Å². The third-order valence-electron chi connectivity index (χ3n) is 3.72. The van der Waals surface area contributed by atoms with E-state index < -0.39 is 0 Å². The van der Waals surface area contributed by atoms with Crippen molar-refractivity contribution in [1.82, 2.24) is 0 Å². The van der Waals surface area contributed by atoms with Crippen LogP contribution in [0.1, 0.15) is 19.4 Å². The van der Waals surface area contributed by atoms with Crippen LogP contribution in [0.5, 0.6) is 0 Å². The smallest absolute Gasteiger partial charge is 0.200 e. The van der Waals surface area contributed by atoms with Crippen LogP contribution < -0.4 is 5.43 Å². The molecule has 0 bridgehead atoms. The second-order valence-electron chi connectivity index (χ2n) is 5.62. The van der Waals surface area contributed by atoms with Gasteiger partial charge in [0, 0.05) is 0 Å². The van der Waals surface area contributed by atoms with Gasteiger partial charge in [-0.15, -0.1) is 0 Å². The van der Waals surface area contributed by atoms with Crippen molar-refractivity contribution in [2.24, 2.45) is 0 Å². The van der Waals surface area contributed by atoms with E-state index in [1.54, 1.807) is 6.26 Å². The number of para-hydroxylation sites is 1. The number of fused-ring (bicyclic) bond motifs is 1. The van der Waals surface area contributed by atoms with Gasteiger partial charge in [0.05, 0.1) is 10.9 Å². The van der Waals surface area contributed by atoms with Gasteiger partial charge in [-0.2, -0.15) is 0 Å². The van der Waals surface area contributed by atoms with Gasteiger partial charge in [-0.1, -0.05) is 48.0 Å². The standard InChI is InChI=1S/C20H18O2/c1-14(2)11-12-15-7-3-4-8-16(15)18-13-22-19-10-6-5-9-17(19)20(18)21/h3-11,13H,12H2,1-2H3. The van der Waals surface area contributed by atoms with Crippen LogP contribution in [-0.2, 0) is 6.42 Å². The lowest BCUT2D eigenvalue weighted by Gasteiger charge is -2.08. The molecule has 0 unspecified atom stereocenters. The molecular weight excluding hydrogens is 272 g/mol. The van der Waals surface area contributed by atoms with Crippen molar-refractivity contribution >= 4 is 11.0 Å². The van der Waals surface area contributed by atoms with E-state index in [0.29, 0.717) is 16.5 Å². The summed E-state index contributed by atoms with van der Waals surface area (Å²) in [6.07, 6.45) is 4.55. The number of rotatable bonds is 3. The topological polar surface area (TPSA) is 30.2 Å². The summed E-state index contributed by atoms with van der Waals surface area (Å²) in [5, 5.41) is 0.622. The quantitative estimate of drug-likeness (QED) is 0.638. The molecule has 22 heavy (non-hydrogen) atoms. The molecule has 1 aromatic heterocycles. The molecule has 2 heteroatoms. The fourth-order valence-electron chi connectivity index (χ4n) is 2.54. The molecule has 0 atom stereocenters. The first kappa shape index (κ1) is 14.3. The van der Waals surface area contributed by atoms with Gasteiger partial charge in [0.15, 0.2) is 5.43 Å². The van der Waals surface area contributed by atoms with Crippen molar-refractivity contribution < 1.29 is 4.42 Å². The van der Waals surface area contributed by atoms with E-state index in [2.05, 4.69) is 26.0 Å². The second kappa shape index (κ2) is 6.02. The van der Waals surface area contributed by atoms with E-state index in [9.17, 15) is 4.79 Å². The maximum Gasteiger partial charge on any atom is 0.200 e. The molecule has 0 aliphatic carbocycles. The Hall–Kier alpha value is -2.61. The summed E-state index contributed by atoms with van der Waals surface area (Å²) in [7, 11) is 0. The van der Waals surface area contributed by atoms with Gasteiger partial charge in [-0.05, 0) is 43.5 Å². The van der Waals surface area contributed by atoms with Gasteiger partial charge >= 0.3 is 0 Å². The predicted octanol–water partition coefficient (Wildman–Crippen LogP) is 4.97. The largest absolute Gasteiger partial charge is 0.463 e. The van der Waals surface area contributed by atoms with E-state index in [1.165, 1.54) is 5.57 Å². The van der Waals surface area contributed by atoms with Crippen molar-refractivity contribution in [3.8, 4) is 11.1 Å². The van der Waals surface area contributed by atoms with Crippen molar-refractivity contribution in [3.05, 3.63) is 82.2 Å². The number of hydrogen-bond donors (Lipinski definition) is 0. The van der Waals surface area contributed by atoms with Gasteiger partial charge in [0.1, 0.15) is 11.8 Å². The maximum atomic E-state index is 12.7. The van der Waals surface area contributed by atoms with E-state index in [1.807, 2.05) is 42.5 Å². The van der Waals surface area contributed by atoms with Gasteiger partial charge in [-0.25, -0.2) is 0 Å². The molecule has 0 amide bonds. The zero-order valence-corrected chi connectivity index (χ0v) is 12.8. The summed E-state index contributed by atoms with van der Waals surface area (Å²) >= 11 is 0. The first-order chi connectivity index (χ1) is 10.7. The summed E-state index contributed by atoms with van der Waals surface area (Å²) in [4.78, 5) is 12.7. The summed E-state index contributed by atoms with van der Waals surface area (Å²) < 4.78 is 5.64. The monoisotopic (exact) mass is 290 g/mol. The summed E-state index contributed by atoms with van der Waals surface area (Å²) in [5.74, 6) is 0. The summed E-state index contributed by atoms with van der Waals surface area (Å²) in [6, 6.07) is 15.3. The average Bonchev–Trinajstić information content (AvgIpc) is 2.54. The molecule has 2 nitrogen and oxygen atoms in total. The highest BCUT2D eigenvalue weighted by Crippen LogP contribution is 2.24. The first-order valence-electron chi connectivity index (χ1n) is 7.39. The third kappa shape index (κ3) is 2.73. The molecule has 0 fully saturated rings. The maximum absolute atomic E-state index is 12.7. The zero-order chi connectivity index (χ0) is 15.5. The molecule has 0 N–H and O–H groups in total. The van der Waals surface area contributed by atoms with Crippen LogP contribution in [-0.4, -0.2) is 0 Å². The Bertz CT molecular complexity index is 897. The average molecular weight is 290 g/mol. The molecule has 0 aliphatic rings. The SMILES string of the molecule is CC(C)=CCc1ccccc1-c1coc2ccccc2c1=O. The zero-order valence-electron chi connectivity index (χ0n) is 12.8. The lowest BCUT2D eigenvalue weighted by Crippen LogP contribution is -2.06. The molecule has 0 aliphatic heterocycles. The highest BCUT2D eigenvalue weighted by atomic mass is 16.3. The molecule has 3 aromatic rings. The lowest BCUT2D eigenvalue weighted by atomic mass is 9.97. The fraction of sp³-hybridized carbons (Fsp3) is 0.150. The molecule has 0 spiro atoms. The molecule has 2 aromatic carbocycles. The molecule has 1 heterocycles. The Balaban J connectivity index is 2.18. The molecule has 110 valence electrons. The van der Waals surface area contributed by atoms with E-state index in [4.69, 9.17) is 4.42 Å². The fourth-order valence-corrected chi connectivity index (χ4v) is 2.54. The molecule has 0 saturated heterocycles. The Morgan fingerprint density at radius 2 is 1.73 bits per heavy atom. The Morgan fingerprint density at radius 3 is 2.55 bits per heavy atom. The summed E-state index contributed by atoms with van der Waals surface area (Å²) in [6.45, 7) is 4.15. The van der Waals surface area contributed by atoms with Gasteiger partial charge in [-0.3, -0.25) is 4.79 Å². The van der Waals surface area contributed by atoms with E-state index in [0.717, 1.165) is 17.5 Å². The van der Waals surface area contributed by atoms with Crippen molar-refractivity contribution in [1.29, 1.82) is 0 Å². The molecular formula is C20H18O2. The Labute approximate surface area is 129 Å². The Morgan fingerprint density at radius 1 is 1.00 bits per heavy atom. The van der Waals surface area contributed by atoms with Crippen LogP contribution in [0, 0.1) is 0 Å². The molecule has 0 radical (unpaired) electrons. The van der Waals surface area contributed by atoms with Crippen molar-refractivity contribution in [3.63, 3.8) is 0 Å². The van der Waals surface area contributed by atoms with Crippen LogP contribution in [0.3, 0.4) is 0 Å². The lowest BCUT2D eigenvalue weighted by molar-refractivity contribution is 0.604. The predicted molar refractivity (Wildman–Crippen MR) is 91.1 cm³/mol. The van der Waals surface area contributed by atoms with E-state index >= 15 is 0 Å². The van der Waals surface area contributed by atoms with Crippen molar-refractivity contribution in [2.75, 3.05) is 0 Å². The minimum Gasteiger partial charge on any atom is -0.463 e. The van der Waals surface area contributed by atoms with Crippen molar-refractivity contribution in [2.45, 2.75) is 20.3 Å². The van der Waals surface area contributed by atoms with Crippen LogP contribution >= 0.6 is 0 Å². The second-order valence-corrected chi connectivity index (χ2v) is 5.62. The Kier molecular flexibility index (Phi) is 3.92.